The fraction of sp³-hybridized carbons (Fsp3) is 0.541. The second-order valence-corrected chi connectivity index (χ2v) is 20.8. The first-order chi connectivity index (χ1) is 40.4. The number of aromatic amines is 3. The van der Waals surface area contributed by atoms with Gasteiger partial charge < -0.3 is 38.4 Å². The summed E-state index contributed by atoms with van der Waals surface area (Å²) in [6, 6.07) is 9.30. The van der Waals surface area contributed by atoms with Crippen molar-refractivity contribution >= 4 is 0 Å². The lowest BCUT2D eigenvalue weighted by atomic mass is 9.96. The lowest BCUT2D eigenvalue weighted by Gasteiger charge is -2.19. The summed E-state index contributed by atoms with van der Waals surface area (Å²) in [6.45, 7) is 17.3. The summed E-state index contributed by atoms with van der Waals surface area (Å²) >= 11 is 0. The number of H-pyrrole nitrogens is 3. The highest BCUT2D eigenvalue weighted by molar-refractivity contribution is 5.75. The summed E-state index contributed by atoms with van der Waals surface area (Å²) in [5, 5.41) is 30.3. The number of hydrogen-bond acceptors (Lipinski definition) is 12. The maximum atomic E-state index is 13.7. The van der Waals surface area contributed by atoms with E-state index in [1.54, 1.807) is 45.6 Å². The number of ether oxygens (including phenoxy) is 5. The molecule has 3 aromatic heterocycles. The van der Waals surface area contributed by atoms with Gasteiger partial charge in [0.25, 0.3) is 0 Å². The van der Waals surface area contributed by atoms with E-state index in [0.717, 1.165) is 87.2 Å². The number of alkyl halides is 9. The van der Waals surface area contributed by atoms with Crippen LogP contribution in [-0.4, -0.2) is 133 Å². The molecule has 24 heteroatoms. The number of rotatable bonds is 30. The zero-order valence-corrected chi connectivity index (χ0v) is 50.7. The van der Waals surface area contributed by atoms with Crippen LogP contribution in [0, 0.1) is 25.2 Å². The molecule has 0 saturated carbocycles. The van der Waals surface area contributed by atoms with Crippen LogP contribution in [0.15, 0.2) is 55.0 Å². The number of benzene rings is 3. The highest BCUT2D eigenvalue weighted by Crippen LogP contribution is 2.44. The van der Waals surface area contributed by atoms with Gasteiger partial charge in [-0.2, -0.15) is 60.1 Å². The van der Waals surface area contributed by atoms with Crippen molar-refractivity contribution in [2.45, 2.75) is 131 Å². The Balaban J connectivity index is 0.000000273. The van der Waals surface area contributed by atoms with Crippen molar-refractivity contribution in [3.05, 3.63) is 105 Å². The zero-order chi connectivity index (χ0) is 62.9. The summed E-state index contributed by atoms with van der Waals surface area (Å²) in [6.07, 6.45) is -1.41. The third-order valence-electron chi connectivity index (χ3n) is 13.5. The molecule has 0 aliphatic carbocycles. The van der Waals surface area contributed by atoms with E-state index < -0.39 is 40.8 Å². The van der Waals surface area contributed by atoms with E-state index in [1.807, 2.05) is 28.1 Å². The van der Waals surface area contributed by atoms with Crippen molar-refractivity contribution in [1.82, 2.24) is 45.3 Å². The zero-order valence-electron chi connectivity index (χ0n) is 50.7. The predicted molar refractivity (Wildman–Crippen MR) is 310 cm³/mol. The molecule has 0 bridgehead atoms. The van der Waals surface area contributed by atoms with Crippen molar-refractivity contribution in [2.24, 2.45) is 0 Å². The second-order valence-electron chi connectivity index (χ2n) is 20.8. The molecule has 0 aliphatic heterocycles. The molecule has 6 rings (SSSR count). The van der Waals surface area contributed by atoms with Crippen molar-refractivity contribution in [2.75, 3.05) is 88.0 Å². The molecule has 0 saturated heterocycles. The van der Waals surface area contributed by atoms with Crippen LogP contribution in [0.5, 0.6) is 17.2 Å². The van der Waals surface area contributed by atoms with Crippen molar-refractivity contribution in [1.29, 1.82) is 5.26 Å². The third-order valence-corrected chi connectivity index (χ3v) is 13.5. The van der Waals surface area contributed by atoms with Crippen LogP contribution in [-0.2, 0) is 47.6 Å². The molecule has 0 atom stereocenters. The van der Waals surface area contributed by atoms with Crippen LogP contribution >= 0.6 is 0 Å². The first-order valence-corrected chi connectivity index (χ1v) is 28.5. The van der Waals surface area contributed by atoms with Gasteiger partial charge in [0.2, 0.25) is 0 Å². The van der Waals surface area contributed by atoms with E-state index in [1.165, 1.54) is 31.4 Å². The minimum Gasteiger partial charge on any atom is -0.494 e. The molecular weight excluding hydrogens is 1120 g/mol. The standard InChI is InChI=1S/C21H30F3N3O2.C20H25F3N4O.C20H28F3N3O2/c1-5-6-8-27(3)14-19-17(13-25-26-19)16-12-18(21(22,23)24)20(11-15(16)2)29-10-7-9-28-4;1-4-6-7-27(3)13-14-12-25-26-19(14)16-9-15(28-8-5-2)10-18(17(16)11-24)20(21,22)23;1-5-6-7-26(3)13-18-16(12-24-25-18)15-11-17(20(21,22)23)19(10-14(15)2)28-9-8-27-4/h11-13H,5-10,14H2,1-4H3,(H,25,26);9-10,12H,4-8,13H2,1-3H3,(H,25,26);10-12H,5-9,13H2,1-4H3,(H,24,25). The minimum absolute atomic E-state index is 0.0531. The lowest BCUT2D eigenvalue weighted by molar-refractivity contribution is -0.139. The molecule has 470 valence electrons. The summed E-state index contributed by atoms with van der Waals surface area (Å²) in [5.41, 5.74) is 3.65. The van der Waals surface area contributed by atoms with Gasteiger partial charge in [0.1, 0.15) is 29.9 Å². The Kier molecular flexibility index (Phi) is 28.7. The van der Waals surface area contributed by atoms with Gasteiger partial charge >= 0.3 is 18.5 Å². The molecule has 3 aromatic carbocycles. The maximum absolute atomic E-state index is 13.7. The molecule has 15 nitrogen and oxygen atoms in total. The summed E-state index contributed by atoms with van der Waals surface area (Å²) in [4.78, 5) is 6.34. The largest absolute Gasteiger partial charge is 0.494 e. The summed E-state index contributed by atoms with van der Waals surface area (Å²) in [5.74, 6) is -0.251. The van der Waals surface area contributed by atoms with Gasteiger partial charge in [-0.25, -0.2) is 0 Å². The fourth-order valence-corrected chi connectivity index (χ4v) is 9.05. The Labute approximate surface area is 493 Å². The molecule has 0 unspecified atom stereocenters. The first kappa shape index (κ1) is 70.8. The molecule has 0 aliphatic rings. The van der Waals surface area contributed by atoms with Gasteiger partial charge in [0.15, 0.2) is 0 Å². The predicted octanol–water partition coefficient (Wildman–Crippen LogP) is 14.7. The Morgan fingerprint density at radius 1 is 0.482 bits per heavy atom. The maximum Gasteiger partial charge on any atom is 0.419 e. The molecular formula is C61H83F9N10O5. The molecule has 0 amide bonds. The molecule has 0 spiro atoms. The first-order valence-electron chi connectivity index (χ1n) is 28.5. The number of nitrogens with zero attached hydrogens (tertiary/aromatic N) is 7. The fourth-order valence-electron chi connectivity index (χ4n) is 9.05. The number of unbranched alkanes of at least 4 members (excludes halogenated alkanes) is 3. The lowest BCUT2D eigenvalue weighted by Crippen LogP contribution is -2.19. The number of nitrogens with one attached hydrogen (secondary N) is 3. The van der Waals surface area contributed by atoms with E-state index in [4.69, 9.17) is 23.7 Å². The van der Waals surface area contributed by atoms with Gasteiger partial charge in [0.05, 0.1) is 77.7 Å². The Morgan fingerprint density at radius 2 is 0.941 bits per heavy atom. The second kappa shape index (κ2) is 34.5. The smallest absolute Gasteiger partial charge is 0.419 e. The van der Waals surface area contributed by atoms with E-state index >= 15 is 0 Å². The third kappa shape index (κ3) is 21.7. The van der Waals surface area contributed by atoms with Crippen LogP contribution in [0.1, 0.15) is 129 Å². The minimum atomic E-state index is -4.66. The average molecular weight is 1210 g/mol. The topological polar surface area (TPSA) is 166 Å². The van der Waals surface area contributed by atoms with Crippen LogP contribution < -0.4 is 14.2 Å². The van der Waals surface area contributed by atoms with E-state index in [9.17, 15) is 44.8 Å². The Morgan fingerprint density at radius 3 is 1.38 bits per heavy atom. The van der Waals surface area contributed by atoms with Crippen LogP contribution in [0.2, 0.25) is 0 Å². The Hall–Kier alpha value is -6.65. The molecule has 6 aromatic rings. The van der Waals surface area contributed by atoms with Gasteiger partial charge in [-0.15, -0.1) is 0 Å². The number of halogens is 9. The van der Waals surface area contributed by atoms with E-state index in [-0.39, 0.29) is 49.2 Å². The van der Waals surface area contributed by atoms with Crippen LogP contribution in [0.25, 0.3) is 33.5 Å². The SMILES string of the molecule is CCCCN(C)Cc1[nH]ncc1-c1cc(C(F)(F)F)c(OCCCOC)cc1C.CCCCN(C)Cc1[nH]ncc1-c1cc(C(F)(F)F)c(OCCOC)cc1C.CCCCN(C)Cc1cn[nH]c1-c1cc(OCCC)cc(C(F)(F)F)c1C#N. The monoisotopic (exact) mass is 1210 g/mol. The number of hydrogen-bond donors (Lipinski definition) is 3. The van der Waals surface area contributed by atoms with Gasteiger partial charge in [0, 0.05) is 69.1 Å². The van der Waals surface area contributed by atoms with Crippen molar-refractivity contribution < 1.29 is 63.2 Å². The number of aryl methyl sites for hydroxylation is 2. The molecule has 0 fully saturated rings. The van der Waals surface area contributed by atoms with E-state index in [0.29, 0.717) is 78.2 Å². The van der Waals surface area contributed by atoms with Crippen molar-refractivity contribution in [3.8, 4) is 56.8 Å². The highest BCUT2D eigenvalue weighted by Gasteiger charge is 2.38. The van der Waals surface area contributed by atoms with Gasteiger partial charge in [-0.1, -0.05) is 47.0 Å². The molecule has 0 radical (unpaired) electrons. The molecule has 85 heavy (non-hydrogen) atoms. The highest BCUT2D eigenvalue weighted by atomic mass is 19.4. The van der Waals surface area contributed by atoms with Crippen LogP contribution in [0.3, 0.4) is 0 Å². The molecule has 3 heterocycles. The normalized spacial score (nSPS) is 11.9. The van der Waals surface area contributed by atoms with Gasteiger partial charge in [-0.05, 0) is 139 Å². The summed E-state index contributed by atoms with van der Waals surface area (Å²) in [7, 11) is 8.94. The van der Waals surface area contributed by atoms with Crippen LogP contribution in [0.4, 0.5) is 39.5 Å². The molecule has 3 N–H and O–H groups in total. The Bertz CT molecular complexity index is 2990. The van der Waals surface area contributed by atoms with E-state index in [2.05, 4.69) is 66.1 Å². The average Bonchev–Trinajstić information content (AvgIpc) is 2.35. The van der Waals surface area contributed by atoms with Gasteiger partial charge in [-0.3, -0.25) is 15.3 Å². The van der Waals surface area contributed by atoms with Crippen molar-refractivity contribution in [3.63, 3.8) is 0 Å². The number of nitriles is 1. The quantitative estimate of drug-likeness (QED) is 0.0289. The number of methoxy groups -OCH3 is 2. The number of aromatic nitrogens is 6. The summed E-state index contributed by atoms with van der Waals surface area (Å²) < 4.78 is 149.